The molecule has 1 unspecified atom stereocenters. The van der Waals surface area contributed by atoms with E-state index in [2.05, 4.69) is 30.0 Å². The van der Waals surface area contributed by atoms with Crippen molar-refractivity contribution in [2.24, 2.45) is 0 Å². The van der Waals surface area contributed by atoms with Gasteiger partial charge in [-0.15, -0.1) is 11.3 Å². The molecule has 1 aliphatic heterocycles. The number of rotatable bonds is 8. The first-order valence-corrected chi connectivity index (χ1v) is 12.4. The summed E-state index contributed by atoms with van der Waals surface area (Å²) in [6.45, 7) is 2.49. The van der Waals surface area contributed by atoms with Gasteiger partial charge in [0.25, 0.3) is 5.91 Å². The summed E-state index contributed by atoms with van der Waals surface area (Å²) >= 11 is 1.52. The van der Waals surface area contributed by atoms with E-state index in [1.165, 1.54) is 28.2 Å². The van der Waals surface area contributed by atoms with Crippen molar-refractivity contribution in [1.82, 2.24) is 4.90 Å². The van der Waals surface area contributed by atoms with Gasteiger partial charge < -0.3 is 9.80 Å². The van der Waals surface area contributed by atoms with E-state index in [0.717, 1.165) is 16.9 Å². The summed E-state index contributed by atoms with van der Waals surface area (Å²) in [6.07, 6.45) is 3.00. The molecule has 0 radical (unpaired) electrons. The SMILES string of the molecule is Cc1cc(CCC(=O)CCc2scc3c2CN(C2CCC(=O)CC2=O)C3=O)ccc1N(C)C. The molecule has 2 aliphatic rings. The molecule has 4 rings (SSSR count). The number of hydrogen-bond donors (Lipinski definition) is 0. The van der Waals surface area contributed by atoms with Crippen molar-refractivity contribution in [3.8, 4) is 0 Å². The minimum Gasteiger partial charge on any atom is -0.377 e. The standard InChI is InChI=1S/C26H30N2O4S/c1-16-12-17(5-9-22(16)27(2)3)4-6-18(29)8-11-25-20-14-28(26(32)21(20)15-33-25)23-10-7-19(30)13-24(23)31/h5,9,12,15,23H,4,6-8,10-11,13-14H2,1-3H3. The first-order chi connectivity index (χ1) is 15.7. The van der Waals surface area contributed by atoms with E-state index >= 15 is 0 Å². The van der Waals surface area contributed by atoms with Crippen molar-refractivity contribution < 1.29 is 19.2 Å². The topological polar surface area (TPSA) is 74.8 Å². The number of ketones is 3. The van der Waals surface area contributed by atoms with E-state index in [0.29, 0.717) is 44.2 Å². The van der Waals surface area contributed by atoms with E-state index in [4.69, 9.17) is 0 Å². The summed E-state index contributed by atoms with van der Waals surface area (Å²) in [6, 6.07) is 5.83. The van der Waals surface area contributed by atoms with Crippen LogP contribution in [0.3, 0.4) is 0 Å². The zero-order valence-corrected chi connectivity index (χ0v) is 20.3. The second-order valence-electron chi connectivity index (χ2n) is 9.27. The van der Waals surface area contributed by atoms with Crippen molar-refractivity contribution in [1.29, 1.82) is 0 Å². The quantitative estimate of drug-likeness (QED) is 0.552. The molecule has 0 spiro atoms. The lowest BCUT2D eigenvalue weighted by atomic mass is 9.92. The molecule has 1 aliphatic carbocycles. The highest BCUT2D eigenvalue weighted by Crippen LogP contribution is 2.35. The molecule has 0 saturated heterocycles. The Hall–Kier alpha value is -2.80. The number of carbonyl (C=O) groups excluding carboxylic acids is 4. The normalized spacial score (nSPS) is 18.1. The molecule has 0 bridgehead atoms. The van der Waals surface area contributed by atoms with E-state index in [9.17, 15) is 19.2 Å². The minimum absolute atomic E-state index is 0.0416. The molecule has 1 amide bonds. The molecule has 1 aromatic heterocycles. The maximum atomic E-state index is 12.9. The first-order valence-electron chi connectivity index (χ1n) is 11.5. The van der Waals surface area contributed by atoms with Gasteiger partial charge in [0, 0.05) is 55.8 Å². The molecule has 7 heteroatoms. The smallest absolute Gasteiger partial charge is 0.255 e. The van der Waals surface area contributed by atoms with Crippen LogP contribution in [0.1, 0.15) is 64.0 Å². The van der Waals surface area contributed by atoms with Crippen LogP contribution in [0, 0.1) is 6.92 Å². The molecule has 2 aromatic rings. The largest absolute Gasteiger partial charge is 0.377 e. The number of anilines is 1. The number of amides is 1. The Morgan fingerprint density at radius 3 is 2.61 bits per heavy atom. The van der Waals surface area contributed by atoms with Gasteiger partial charge >= 0.3 is 0 Å². The predicted octanol–water partition coefficient (Wildman–Crippen LogP) is 3.90. The summed E-state index contributed by atoms with van der Waals surface area (Å²) in [4.78, 5) is 54.0. The second-order valence-corrected chi connectivity index (χ2v) is 10.2. The molecule has 33 heavy (non-hydrogen) atoms. The summed E-state index contributed by atoms with van der Waals surface area (Å²) < 4.78 is 0. The number of hydrogen-bond acceptors (Lipinski definition) is 6. The minimum atomic E-state index is -0.496. The average Bonchev–Trinajstić information content (AvgIpc) is 3.30. The summed E-state index contributed by atoms with van der Waals surface area (Å²) in [7, 11) is 4.04. The van der Waals surface area contributed by atoms with Crippen molar-refractivity contribution in [3.63, 3.8) is 0 Å². The van der Waals surface area contributed by atoms with Crippen LogP contribution in [0.25, 0.3) is 0 Å². The lowest BCUT2D eigenvalue weighted by Gasteiger charge is -2.29. The summed E-state index contributed by atoms with van der Waals surface area (Å²) in [5.41, 5.74) is 5.16. The van der Waals surface area contributed by atoms with Crippen LogP contribution in [0.15, 0.2) is 23.6 Å². The van der Waals surface area contributed by atoms with Gasteiger partial charge in [0.1, 0.15) is 11.6 Å². The number of benzene rings is 1. The van der Waals surface area contributed by atoms with Gasteiger partial charge in [0.15, 0.2) is 5.78 Å². The molecule has 1 fully saturated rings. The molecular formula is C26H30N2O4S. The van der Waals surface area contributed by atoms with Crippen LogP contribution < -0.4 is 4.90 Å². The number of carbonyl (C=O) groups is 4. The monoisotopic (exact) mass is 466 g/mol. The van der Waals surface area contributed by atoms with Gasteiger partial charge in [0.05, 0.1) is 18.0 Å². The Morgan fingerprint density at radius 2 is 1.91 bits per heavy atom. The van der Waals surface area contributed by atoms with Crippen molar-refractivity contribution in [2.45, 2.75) is 64.5 Å². The number of nitrogens with zero attached hydrogens (tertiary/aromatic N) is 2. The highest BCUT2D eigenvalue weighted by molar-refractivity contribution is 7.10. The van der Waals surface area contributed by atoms with Gasteiger partial charge in [-0.3, -0.25) is 19.2 Å². The van der Waals surface area contributed by atoms with Gasteiger partial charge in [-0.05, 0) is 48.9 Å². The van der Waals surface area contributed by atoms with Crippen LogP contribution in [0.5, 0.6) is 0 Å². The predicted molar refractivity (Wildman–Crippen MR) is 129 cm³/mol. The summed E-state index contributed by atoms with van der Waals surface area (Å²) in [5, 5.41) is 1.85. The van der Waals surface area contributed by atoms with Crippen LogP contribution in [0.2, 0.25) is 0 Å². The number of Topliss-reactive ketones (excluding diaryl/α,β-unsaturated/α-hetero) is 3. The van der Waals surface area contributed by atoms with Gasteiger partial charge in [0.2, 0.25) is 0 Å². The second kappa shape index (κ2) is 9.59. The number of aryl methyl sites for hydroxylation is 3. The first kappa shape index (κ1) is 23.4. The molecule has 1 atom stereocenters. The molecule has 2 heterocycles. The van der Waals surface area contributed by atoms with Crippen LogP contribution in [0.4, 0.5) is 5.69 Å². The third-order valence-corrected chi connectivity index (χ3v) is 7.77. The lowest BCUT2D eigenvalue weighted by molar-refractivity contribution is -0.133. The molecule has 0 N–H and O–H groups in total. The Balaban J connectivity index is 1.32. The number of thiophene rings is 1. The fourth-order valence-corrected chi connectivity index (χ4v) is 5.90. The third-order valence-electron chi connectivity index (χ3n) is 6.68. The van der Waals surface area contributed by atoms with E-state index in [1.54, 1.807) is 4.90 Å². The zero-order chi connectivity index (χ0) is 23.7. The lowest BCUT2D eigenvalue weighted by Crippen LogP contribution is -2.44. The van der Waals surface area contributed by atoms with Crippen LogP contribution in [-0.4, -0.2) is 48.3 Å². The number of fused-ring (bicyclic) bond motifs is 1. The molecular weight excluding hydrogens is 436 g/mol. The fourth-order valence-electron chi connectivity index (χ4n) is 4.86. The summed E-state index contributed by atoms with van der Waals surface area (Å²) in [5.74, 6) is -0.101. The fraction of sp³-hybridized carbons (Fsp3) is 0.462. The third kappa shape index (κ3) is 4.93. The molecule has 6 nitrogen and oxygen atoms in total. The zero-order valence-electron chi connectivity index (χ0n) is 19.5. The Labute approximate surface area is 198 Å². The highest BCUT2D eigenvalue weighted by atomic mass is 32.1. The van der Waals surface area contributed by atoms with Gasteiger partial charge in [-0.1, -0.05) is 12.1 Å². The van der Waals surface area contributed by atoms with Crippen LogP contribution >= 0.6 is 11.3 Å². The Kier molecular flexibility index (Phi) is 6.79. The molecule has 1 aromatic carbocycles. The highest BCUT2D eigenvalue weighted by Gasteiger charge is 2.40. The Bertz CT molecular complexity index is 1120. The molecule has 174 valence electrons. The maximum absolute atomic E-state index is 12.9. The maximum Gasteiger partial charge on any atom is 0.255 e. The van der Waals surface area contributed by atoms with Gasteiger partial charge in [-0.2, -0.15) is 0 Å². The average molecular weight is 467 g/mol. The van der Waals surface area contributed by atoms with E-state index in [-0.39, 0.29) is 29.7 Å². The van der Waals surface area contributed by atoms with E-state index < -0.39 is 6.04 Å². The van der Waals surface area contributed by atoms with Gasteiger partial charge in [-0.25, -0.2) is 0 Å². The van der Waals surface area contributed by atoms with Crippen LogP contribution in [-0.2, 0) is 33.8 Å². The van der Waals surface area contributed by atoms with Crippen molar-refractivity contribution >= 4 is 40.3 Å². The van der Waals surface area contributed by atoms with Crippen molar-refractivity contribution in [2.75, 3.05) is 19.0 Å². The molecule has 1 saturated carbocycles. The van der Waals surface area contributed by atoms with Crippen molar-refractivity contribution in [3.05, 3.63) is 50.7 Å². The Morgan fingerprint density at radius 1 is 1.15 bits per heavy atom. The van der Waals surface area contributed by atoms with E-state index in [1.807, 2.05) is 19.5 Å².